The van der Waals surface area contributed by atoms with Crippen LogP contribution in [0.4, 0.5) is 21.4 Å². The predicted molar refractivity (Wildman–Crippen MR) is 154 cm³/mol. The summed E-state index contributed by atoms with van der Waals surface area (Å²) in [6.45, 7) is 0. The molecule has 4 aromatic rings. The Morgan fingerprint density at radius 1 is 0.775 bits per heavy atom. The van der Waals surface area contributed by atoms with Crippen molar-refractivity contribution in [2.45, 2.75) is 25.7 Å². The van der Waals surface area contributed by atoms with Crippen molar-refractivity contribution >= 4 is 87.9 Å². The van der Waals surface area contributed by atoms with Crippen molar-refractivity contribution in [3.63, 3.8) is 0 Å². The average Bonchev–Trinajstić information content (AvgIpc) is 3.81. The highest BCUT2D eigenvalue weighted by Crippen LogP contribution is 2.40. The molecule has 0 unspecified atom stereocenters. The Morgan fingerprint density at radius 2 is 1.23 bits per heavy atom. The third-order valence-electron chi connectivity index (χ3n) is 6.46. The fraction of sp³-hybridized carbons (Fsp3) is 0.231. The van der Waals surface area contributed by atoms with Crippen molar-refractivity contribution in [3.8, 4) is 0 Å². The molecule has 0 atom stereocenters. The molecule has 206 valence electrons. The van der Waals surface area contributed by atoms with E-state index in [0.29, 0.717) is 36.7 Å². The minimum Gasteiger partial charge on any atom is -0.399 e. The van der Waals surface area contributed by atoms with Crippen LogP contribution in [-0.4, -0.2) is 28.6 Å². The Kier molecular flexibility index (Phi) is 7.12. The lowest BCUT2D eigenvalue weighted by molar-refractivity contribution is -0.384. The Morgan fingerprint density at radius 3 is 1.65 bits per heavy atom. The highest BCUT2D eigenvalue weighted by Gasteiger charge is 2.32. The molecular formula is C26H24N6O6S2. The number of hydrogen-bond acceptors (Lipinski definition) is 9. The summed E-state index contributed by atoms with van der Waals surface area (Å²) in [4.78, 5) is 57.2. The number of nitrogens with two attached hydrogens (primary N) is 3. The van der Waals surface area contributed by atoms with Gasteiger partial charge in [0.15, 0.2) is 0 Å². The average molecular weight is 581 g/mol. The van der Waals surface area contributed by atoms with E-state index in [2.05, 4.69) is 10.6 Å². The van der Waals surface area contributed by atoms with E-state index in [1.54, 1.807) is 18.2 Å². The zero-order valence-corrected chi connectivity index (χ0v) is 22.5. The second-order valence-electron chi connectivity index (χ2n) is 9.56. The summed E-state index contributed by atoms with van der Waals surface area (Å²) in [5.74, 6) is -1.38. The number of amides is 4. The molecule has 8 N–H and O–H groups in total. The minimum atomic E-state index is -0.715. The molecule has 2 aromatic heterocycles. The molecule has 6 rings (SSSR count). The summed E-state index contributed by atoms with van der Waals surface area (Å²) >= 11 is 2.54. The van der Waals surface area contributed by atoms with E-state index in [1.807, 2.05) is 6.07 Å². The van der Waals surface area contributed by atoms with Crippen LogP contribution in [-0.2, 0) is 9.59 Å². The number of nitro benzene ring substituents is 1. The molecule has 2 aliphatic rings. The maximum absolute atomic E-state index is 11.8. The number of hydrogen-bond donors (Lipinski definition) is 5. The van der Waals surface area contributed by atoms with Gasteiger partial charge in [0.25, 0.3) is 17.5 Å². The molecule has 2 saturated carbocycles. The lowest BCUT2D eigenvalue weighted by atomic mass is 10.1. The van der Waals surface area contributed by atoms with E-state index < -0.39 is 16.7 Å². The topological polar surface area (TPSA) is 214 Å². The molecule has 0 radical (unpaired) electrons. The summed E-state index contributed by atoms with van der Waals surface area (Å²) in [6.07, 6.45) is 3.51. The smallest absolute Gasteiger partial charge is 0.270 e. The van der Waals surface area contributed by atoms with Crippen molar-refractivity contribution in [1.29, 1.82) is 0 Å². The van der Waals surface area contributed by atoms with Gasteiger partial charge in [0.05, 0.1) is 16.1 Å². The number of nitrogens with one attached hydrogen (secondary N) is 2. The maximum atomic E-state index is 11.8. The number of anilines is 3. The van der Waals surface area contributed by atoms with Crippen molar-refractivity contribution in [2.75, 3.05) is 16.4 Å². The summed E-state index contributed by atoms with van der Waals surface area (Å²) in [6, 6.07) is 9.51. The van der Waals surface area contributed by atoms with E-state index in [1.165, 1.54) is 34.8 Å². The number of carbonyl (C=O) groups is 4. The van der Waals surface area contributed by atoms with Crippen LogP contribution in [0.2, 0.25) is 0 Å². The highest BCUT2D eigenvalue weighted by atomic mass is 32.1. The van der Waals surface area contributed by atoms with Crippen molar-refractivity contribution < 1.29 is 24.1 Å². The van der Waals surface area contributed by atoms with Gasteiger partial charge in [-0.1, -0.05) is 0 Å². The second-order valence-corrected chi connectivity index (χ2v) is 11.7. The van der Waals surface area contributed by atoms with E-state index in [0.717, 1.165) is 30.4 Å². The van der Waals surface area contributed by atoms with E-state index in [4.69, 9.17) is 17.2 Å². The summed E-state index contributed by atoms with van der Waals surface area (Å²) in [7, 11) is 0. The number of carbonyl (C=O) groups excluding carboxylic acids is 4. The molecule has 14 heteroatoms. The number of non-ortho nitro benzene ring substituents is 1. The van der Waals surface area contributed by atoms with Crippen LogP contribution in [0.15, 0.2) is 36.4 Å². The van der Waals surface area contributed by atoms with Gasteiger partial charge in [-0.25, -0.2) is 0 Å². The molecule has 12 nitrogen and oxygen atoms in total. The van der Waals surface area contributed by atoms with Gasteiger partial charge in [0, 0.05) is 49.8 Å². The van der Waals surface area contributed by atoms with Crippen LogP contribution >= 0.6 is 22.7 Å². The van der Waals surface area contributed by atoms with Crippen molar-refractivity contribution in [3.05, 3.63) is 57.6 Å². The van der Waals surface area contributed by atoms with Crippen LogP contribution in [0.1, 0.15) is 46.4 Å². The minimum absolute atomic E-state index is 0.00900. The quantitative estimate of drug-likeness (QED) is 0.122. The van der Waals surface area contributed by atoms with Gasteiger partial charge in [-0.2, -0.15) is 0 Å². The van der Waals surface area contributed by atoms with Gasteiger partial charge in [-0.3, -0.25) is 29.3 Å². The number of primary amides is 2. The Hall–Kier alpha value is -4.56. The molecule has 4 amide bonds. The Balaban J connectivity index is 0.000000162. The fourth-order valence-corrected chi connectivity index (χ4v) is 6.28. The number of nitrogen functional groups attached to an aromatic ring is 1. The summed E-state index contributed by atoms with van der Waals surface area (Å²) in [5.41, 5.74) is 17.4. The van der Waals surface area contributed by atoms with Crippen molar-refractivity contribution in [2.24, 2.45) is 23.3 Å². The molecule has 2 aliphatic carbocycles. The number of benzene rings is 2. The molecule has 0 saturated heterocycles. The third-order valence-corrected chi connectivity index (χ3v) is 8.63. The van der Waals surface area contributed by atoms with Gasteiger partial charge >= 0.3 is 0 Å². The van der Waals surface area contributed by atoms with Gasteiger partial charge in [-0.05, 0) is 49.9 Å². The first-order valence-electron chi connectivity index (χ1n) is 12.3. The first-order valence-corrected chi connectivity index (χ1v) is 13.9. The Bertz CT molecular complexity index is 1720. The summed E-state index contributed by atoms with van der Waals surface area (Å²) in [5, 5.41) is 18.3. The molecule has 0 spiro atoms. The number of nitrogens with zero attached hydrogens (tertiary/aromatic N) is 1. The second kappa shape index (κ2) is 10.5. The van der Waals surface area contributed by atoms with Gasteiger partial charge in [0.2, 0.25) is 11.8 Å². The standard InChI is InChI=1S/C13H11N3O4S.C13H13N3O2S/c14-11(17)10-8-5-7(16(19)20)3-4-9(8)21-13(10)15-12(18)6-1-2-6;14-7-3-4-9-8(5-7)10(11(15)17)13(19-9)16-12(18)6-1-2-6/h3-6H,1-2H2,(H2,14,17)(H,15,18);3-6H,1-2,14H2,(H2,15,17)(H,16,18). The first-order chi connectivity index (χ1) is 19.0. The largest absolute Gasteiger partial charge is 0.399 e. The fourth-order valence-electron chi connectivity index (χ4n) is 4.10. The van der Waals surface area contributed by atoms with Crippen LogP contribution in [0.3, 0.4) is 0 Å². The lowest BCUT2D eigenvalue weighted by Crippen LogP contribution is -2.17. The molecule has 2 heterocycles. The maximum Gasteiger partial charge on any atom is 0.270 e. The lowest BCUT2D eigenvalue weighted by Gasteiger charge is -2.03. The van der Waals surface area contributed by atoms with E-state index >= 15 is 0 Å². The van der Waals surface area contributed by atoms with Crippen LogP contribution in [0.25, 0.3) is 20.2 Å². The third kappa shape index (κ3) is 5.58. The number of fused-ring (bicyclic) bond motifs is 2. The summed E-state index contributed by atoms with van der Waals surface area (Å²) < 4.78 is 1.55. The molecule has 0 aliphatic heterocycles. The van der Waals surface area contributed by atoms with Gasteiger partial charge in [-0.15, -0.1) is 22.7 Å². The van der Waals surface area contributed by atoms with E-state index in [9.17, 15) is 29.3 Å². The molecule has 40 heavy (non-hydrogen) atoms. The highest BCUT2D eigenvalue weighted by molar-refractivity contribution is 7.24. The van der Waals surface area contributed by atoms with E-state index in [-0.39, 0.29) is 34.9 Å². The number of rotatable bonds is 7. The van der Waals surface area contributed by atoms with Crippen LogP contribution < -0.4 is 27.8 Å². The van der Waals surface area contributed by atoms with Crippen molar-refractivity contribution in [1.82, 2.24) is 0 Å². The SMILES string of the molecule is NC(=O)c1c(NC(=O)C2CC2)sc2ccc(N)cc12.NC(=O)c1c(NC(=O)C2CC2)sc2ccc([N+](=O)[O-])cc12. The van der Waals surface area contributed by atoms with Crippen LogP contribution in [0, 0.1) is 22.0 Å². The zero-order valence-electron chi connectivity index (χ0n) is 20.9. The zero-order chi connectivity index (χ0) is 28.7. The van der Waals surface area contributed by atoms with Gasteiger partial charge < -0.3 is 27.8 Å². The molecule has 2 fully saturated rings. The molecule has 0 bridgehead atoms. The number of thiophene rings is 2. The first kappa shape index (κ1) is 27.0. The monoisotopic (exact) mass is 580 g/mol. The molecule has 2 aromatic carbocycles. The predicted octanol–water partition coefficient (Wildman–Crippen LogP) is 4.19. The normalized spacial score (nSPS) is 14.3. The Labute approximate surface area is 234 Å². The van der Waals surface area contributed by atoms with Gasteiger partial charge in [0.1, 0.15) is 10.0 Å². The molecular weight excluding hydrogens is 556 g/mol. The number of nitro groups is 1. The van der Waals surface area contributed by atoms with Crippen LogP contribution in [0.5, 0.6) is 0 Å².